The molecule has 0 saturated carbocycles. The first-order valence-corrected chi connectivity index (χ1v) is 12.6. The Morgan fingerprint density at radius 2 is 2.03 bits per heavy atom. The van der Waals surface area contributed by atoms with E-state index in [0.717, 1.165) is 55.4 Å². The lowest BCUT2D eigenvalue weighted by Crippen LogP contribution is -2.40. The Kier molecular flexibility index (Phi) is 5.97. The number of hydrogen-bond acceptors (Lipinski definition) is 6. The van der Waals surface area contributed by atoms with Crippen LogP contribution in [0.25, 0.3) is 10.2 Å². The summed E-state index contributed by atoms with van der Waals surface area (Å²) in [5.41, 5.74) is 1.63. The molecule has 3 aromatic rings. The molecule has 7 nitrogen and oxygen atoms in total. The van der Waals surface area contributed by atoms with Crippen molar-refractivity contribution in [2.45, 2.75) is 52.0 Å². The number of phenolic OH excluding ortho intramolecular Hbond substituents is 1. The summed E-state index contributed by atoms with van der Waals surface area (Å²) in [6.45, 7) is 5.84. The van der Waals surface area contributed by atoms with Crippen molar-refractivity contribution in [2.75, 3.05) is 18.4 Å². The third kappa shape index (κ3) is 4.29. The normalized spacial score (nSPS) is 20.5. The van der Waals surface area contributed by atoms with E-state index in [1.165, 1.54) is 10.4 Å². The fourth-order valence-electron chi connectivity index (χ4n) is 5.10. The van der Waals surface area contributed by atoms with Crippen molar-refractivity contribution in [3.8, 4) is 5.75 Å². The zero-order valence-corrected chi connectivity index (χ0v) is 19.9. The Morgan fingerprint density at radius 1 is 1.27 bits per heavy atom. The van der Waals surface area contributed by atoms with Crippen LogP contribution in [0.3, 0.4) is 0 Å². The maximum Gasteiger partial charge on any atom is 0.259 e. The average molecular weight is 467 g/mol. The monoisotopic (exact) mass is 466 g/mol. The number of carbonyl (C=O) groups is 1. The van der Waals surface area contributed by atoms with Crippen LogP contribution in [0.15, 0.2) is 29.1 Å². The van der Waals surface area contributed by atoms with E-state index < -0.39 is 0 Å². The number of thiophene rings is 1. The van der Waals surface area contributed by atoms with E-state index in [1.807, 2.05) is 0 Å². The maximum atomic E-state index is 13.0. The van der Waals surface area contributed by atoms with Crippen LogP contribution in [0.4, 0.5) is 5.69 Å². The summed E-state index contributed by atoms with van der Waals surface area (Å²) in [6.07, 6.45) is 4.58. The quantitative estimate of drug-likeness (QED) is 0.500. The SMILES string of the molecule is C[C@H]1CCc2c(sc3nc([C@@H](C)N4CCC(C(=O)Nc5ccccc5O)CC4)[nH]c(=O)c23)C1. The number of aromatic amines is 1. The molecule has 0 unspecified atom stereocenters. The van der Waals surface area contributed by atoms with Crippen molar-refractivity contribution in [3.63, 3.8) is 0 Å². The number of rotatable bonds is 4. The minimum absolute atomic E-state index is 0.0224. The number of nitrogens with zero attached hydrogens (tertiary/aromatic N) is 2. The first-order valence-electron chi connectivity index (χ1n) is 11.8. The molecule has 5 rings (SSSR count). The highest BCUT2D eigenvalue weighted by atomic mass is 32.1. The van der Waals surface area contributed by atoms with Gasteiger partial charge in [0, 0.05) is 10.8 Å². The standard InChI is InChI=1S/C25H30N4O3S/c1-14-7-8-17-20(13-14)33-25-21(17)24(32)27-22(28-25)15(2)29-11-9-16(10-12-29)23(31)26-18-5-3-4-6-19(18)30/h3-6,14-16,30H,7-13H2,1-2H3,(H,26,31)(H,27,28,32)/t14-,15+/m0/s1. The van der Waals surface area contributed by atoms with Crippen LogP contribution >= 0.6 is 11.3 Å². The van der Waals surface area contributed by atoms with Crippen LogP contribution in [0, 0.1) is 11.8 Å². The highest BCUT2D eigenvalue weighted by Gasteiger charge is 2.30. The number of carbonyl (C=O) groups excluding carboxylic acids is 1. The fraction of sp³-hybridized carbons (Fsp3) is 0.480. The Morgan fingerprint density at radius 3 is 2.79 bits per heavy atom. The van der Waals surface area contributed by atoms with E-state index in [2.05, 4.69) is 29.0 Å². The molecular formula is C25H30N4O3S. The molecule has 0 radical (unpaired) electrons. The number of H-pyrrole nitrogens is 1. The van der Waals surface area contributed by atoms with E-state index in [0.29, 0.717) is 17.4 Å². The number of piperidine rings is 1. The second-order valence-electron chi connectivity index (χ2n) is 9.48. The molecule has 2 aliphatic rings. The topological polar surface area (TPSA) is 98.3 Å². The van der Waals surface area contributed by atoms with Gasteiger partial charge >= 0.3 is 0 Å². The molecule has 1 aliphatic carbocycles. The number of benzene rings is 1. The van der Waals surface area contributed by atoms with Crippen molar-refractivity contribution in [3.05, 3.63) is 50.9 Å². The number of aromatic hydroxyl groups is 1. The maximum absolute atomic E-state index is 13.0. The zero-order valence-electron chi connectivity index (χ0n) is 19.1. The number of aryl methyl sites for hydroxylation is 1. The minimum Gasteiger partial charge on any atom is -0.506 e. The van der Waals surface area contributed by atoms with Crippen molar-refractivity contribution in [1.82, 2.24) is 14.9 Å². The van der Waals surface area contributed by atoms with Crippen molar-refractivity contribution < 1.29 is 9.90 Å². The van der Waals surface area contributed by atoms with Gasteiger partial charge in [0.05, 0.1) is 17.1 Å². The highest BCUT2D eigenvalue weighted by molar-refractivity contribution is 7.18. The number of anilines is 1. The van der Waals surface area contributed by atoms with Gasteiger partial charge in [0.1, 0.15) is 16.4 Å². The Bertz CT molecular complexity index is 1240. The summed E-state index contributed by atoms with van der Waals surface area (Å²) in [4.78, 5) is 38.0. The summed E-state index contributed by atoms with van der Waals surface area (Å²) in [7, 11) is 0. The van der Waals surface area contributed by atoms with Crippen LogP contribution in [0.1, 0.15) is 55.4 Å². The molecule has 1 amide bonds. The second kappa shape index (κ2) is 8.91. The van der Waals surface area contributed by atoms with Gasteiger partial charge in [-0.15, -0.1) is 11.3 Å². The molecule has 0 bridgehead atoms. The number of para-hydroxylation sites is 2. The third-order valence-corrected chi connectivity index (χ3v) is 8.34. The number of phenols is 1. The van der Waals surface area contributed by atoms with Crippen LogP contribution < -0.4 is 10.9 Å². The first-order chi connectivity index (χ1) is 15.9. The molecular weight excluding hydrogens is 436 g/mol. The lowest BCUT2D eigenvalue weighted by molar-refractivity contribution is -0.121. The largest absolute Gasteiger partial charge is 0.506 e. The van der Waals surface area contributed by atoms with E-state index in [-0.39, 0.29) is 29.2 Å². The molecule has 2 aromatic heterocycles. The Labute approximate surface area is 196 Å². The number of nitrogens with one attached hydrogen (secondary N) is 2. The van der Waals surface area contributed by atoms with Gasteiger partial charge in [0.25, 0.3) is 5.56 Å². The van der Waals surface area contributed by atoms with Crippen molar-refractivity contribution >= 4 is 33.1 Å². The first kappa shape index (κ1) is 22.1. The van der Waals surface area contributed by atoms with Gasteiger partial charge in [-0.05, 0) is 75.7 Å². The van der Waals surface area contributed by atoms with Crippen molar-refractivity contribution in [1.29, 1.82) is 0 Å². The molecule has 1 aliphatic heterocycles. The number of aromatic nitrogens is 2. The highest BCUT2D eigenvalue weighted by Crippen LogP contribution is 2.36. The molecule has 8 heteroatoms. The molecule has 1 saturated heterocycles. The zero-order chi connectivity index (χ0) is 23.1. The smallest absolute Gasteiger partial charge is 0.259 e. The van der Waals surface area contributed by atoms with Crippen molar-refractivity contribution in [2.24, 2.45) is 11.8 Å². The third-order valence-electron chi connectivity index (χ3n) is 7.19. The van der Waals surface area contributed by atoms with E-state index >= 15 is 0 Å². The molecule has 3 N–H and O–H groups in total. The summed E-state index contributed by atoms with van der Waals surface area (Å²) in [5.74, 6) is 1.28. The number of hydrogen-bond donors (Lipinski definition) is 3. The molecule has 2 atom stereocenters. The van der Waals surface area contributed by atoms with Crippen LogP contribution in [0.5, 0.6) is 5.75 Å². The molecule has 174 valence electrons. The minimum atomic E-state index is -0.103. The summed E-state index contributed by atoms with van der Waals surface area (Å²) in [6, 6.07) is 6.75. The van der Waals surface area contributed by atoms with Gasteiger partial charge in [-0.3, -0.25) is 14.5 Å². The van der Waals surface area contributed by atoms with Gasteiger partial charge in [0.15, 0.2) is 0 Å². The number of fused-ring (bicyclic) bond motifs is 3. The molecule has 33 heavy (non-hydrogen) atoms. The van der Waals surface area contributed by atoms with E-state index in [4.69, 9.17) is 4.98 Å². The molecule has 0 spiro atoms. The number of likely N-dealkylation sites (tertiary alicyclic amines) is 1. The Hall–Kier alpha value is -2.71. The van der Waals surface area contributed by atoms with Gasteiger partial charge in [-0.25, -0.2) is 4.98 Å². The van der Waals surface area contributed by atoms with Gasteiger partial charge in [-0.2, -0.15) is 0 Å². The van der Waals surface area contributed by atoms with E-state index in [1.54, 1.807) is 35.6 Å². The Balaban J connectivity index is 1.27. The van der Waals surface area contributed by atoms with Gasteiger partial charge in [-0.1, -0.05) is 19.1 Å². The molecule has 1 aromatic carbocycles. The molecule has 1 fully saturated rings. The van der Waals surface area contributed by atoms with Crippen LogP contribution in [-0.2, 0) is 17.6 Å². The summed E-state index contributed by atoms with van der Waals surface area (Å²) in [5, 5.41) is 13.5. The lowest BCUT2D eigenvalue weighted by atomic mass is 9.89. The van der Waals surface area contributed by atoms with Crippen LogP contribution in [-0.4, -0.2) is 39.0 Å². The number of amides is 1. The second-order valence-corrected chi connectivity index (χ2v) is 10.6. The lowest BCUT2D eigenvalue weighted by Gasteiger charge is -2.35. The summed E-state index contributed by atoms with van der Waals surface area (Å²) < 4.78 is 0. The summed E-state index contributed by atoms with van der Waals surface area (Å²) >= 11 is 1.68. The fourth-order valence-corrected chi connectivity index (χ4v) is 6.49. The van der Waals surface area contributed by atoms with Crippen LogP contribution in [0.2, 0.25) is 0 Å². The van der Waals surface area contributed by atoms with Gasteiger partial charge in [0.2, 0.25) is 5.91 Å². The van der Waals surface area contributed by atoms with Gasteiger partial charge < -0.3 is 15.4 Å². The predicted molar refractivity (Wildman–Crippen MR) is 131 cm³/mol. The predicted octanol–water partition coefficient (Wildman–Crippen LogP) is 4.23. The van der Waals surface area contributed by atoms with E-state index in [9.17, 15) is 14.7 Å². The average Bonchev–Trinajstić information content (AvgIpc) is 3.18. The molecule has 3 heterocycles.